The van der Waals surface area contributed by atoms with Crippen molar-refractivity contribution in [3.63, 3.8) is 0 Å². The van der Waals surface area contributed by atoms with E-state index in [0.717, 1.165) is 49.2 Å². The lowest BCUT2D eigenvalue weighted by atomic mass is 9.80. The van der Waals surface area contributed by atoms with Gasteiger partial charge in [-0.3, -0.25) is 4.79 Å². The number of nitrogens with zero attached hydrogens (tertiary/aromatic N) is 1. The lowest BCUT2D eigenvalue weighted by Crippen LogP contribution is -2.45. The lowest BCUT2D eigenvalue weighted by Gasteiger charge is -2.33. The molecular weight excluding hydrogens is 500 g/mol. The fourth-order valence-electron chi connectivity index (χ4n) is 4.90. The van der Waals surface area contributed by atoms with Gasteiger partial charge in [0, 0.05) is 29.7 Å². The molecule has 202 valence electrons. The maximum atomic E-state index is 13.1. The molecule has 0 atom stereocenters. The van der Waals surface area contributed by atoms with Crippen molar-refractivity contribution in [3.8, 4) is 11.1 Å². The maximum absolute atomic E-state index is 13.1. The summed E-state index contributed by atoms with van der Waals surface area (Å²) in [6, 6.07) is 26.5. The van der Waals surface area contributed by atoms with Crippen molar-refractivity contribution < 1.29 is 19.8 Å². The van der Waals surface area contributed by atoms with Gasteiger partial charge in [0.05, 0.1) is 0 Å². The van der Waals surface area contributed by atoms with Crippen molar-refractivity contribution >= 4 is 23.7 Å². The third-order valence-corrected chi connectivity index (χ3v) is 7.33. The molecule has 1 aliphatic heterocycles. The minimum atomic E-state index is -1.83. The van der Waals surface area contributed by atoms with Gasteiger partial charge in [-0.15, -0.1) is 0 Å². The predicted molar refractivity (Wildman–Crippen MR) is 153 cm³/mol. The molecule has 1 saturated heterocycles. The first kappa shape index (κ1) is 29.2. The average Bonchev–Trinajstić information content (AvgIpc) is 2.90. The predicted octanol–water partition coefficient (Wildman–Crippen LogP) is 7.18. The molecule has 3 aromatic carbocycles. The Morgan fingerprint density at radius 3 is 2.13 bits per heavy atom. The van der Waals surface area contributed by atoms with Gasteiger partial charge in [-0.1, -0.05) is 86.1 Å². The summed E-state index contributed by atoms with van der Waals surface area (Å²) in [5.74, 6) is 0.00797. The van der Waals surface area contributed by atoms with E-state index in [4.69, 9.17) is 26.6 Å². The topological polar surface area (TPSA) is 89.9 Å². The van der Waals surface area contributed by atoms with E-state index >= 15 is 0 Å². The second-order valence-corrected chi connectivity index (χ2v) is 10.7. The van der Waals surface area contributed by atoms with Gasteiger partial charge in [0.15, 0.2) is 0 Å². The van der Waals surface area contributed by atoms with Gasteiger partial charge in [0.25, 0.3) is 5.91 Å². The van der Waals surface area contributed by atoms with E-state index in [2.05, 4.69) is 54.4 Å². The van der Waals surface area contributed by atoms with E-state index in [1.54, 1.807) is 0 Å². The molecule has 0 saturated carbocycles. The van der Waals surface area contributed by atoms with Crippen molar-refractivity contribution in [3.05, 3.63) is 95.0 Å². The fraction of sp³-hybridized carbons (Fsp3) is 0.355. The molecule has 3 N–H and O–H groups in total. The standard InChI is InChI=1S/C30H35ClN2O.CH2O3/c1-30(2,24-9-4-3-5-10-24)19-8-20-33-21-17-26(18-22-33)32-29(34)28-12-7-6-11-27(28)23-13-15-25(31)16-14-23;2-1(3)4/h3-7,9-16,26H,8,17-22H2,1-2H3,(H,32,34);(H2,2,3,4). The fourth-order valence-corrected chi connectivity index (χ4v) is 5.03. The summed E-state index contributed by atoms with van der Waals surface area (Å²) in [4.78, 5) is 24.2. The highest BCUT2D eigenvalue weighted by Gasteiger charge is 2.24. The Morgan fingerprint density at radius 2 is 1.50 bits per heavy atom. The van der Waals surface area contributed by atoms with Crippen LogP contribution in [0.5, 0.6) is 0 Å². The van der Waals surface area contributed by atoms with Crippen LogP contribution in [-0.2, 0) is 5.41 Å². The minimum absolute atomic E-state index is 0.00797. The molecule has 7 heteroatoms. The number of carbonyl (C=O) groups excluding carboxylic acids is 1. The molecule has 1 amide bonds. The molecule has 0 aromatic heterocycles. The Morgan fingerprint density at radius 1 is 0.921 bits per heavy atom. The van der Waals surface area contributed by atoms with Crippen molar-refractivity contribution in [2.24, 2.45) is 0 Å². The van der Waals surface area contributed by atoms with Crippen molar-refractivity contribution in [2.45, 2.75) is 51.0 Å². The summed E-state index contributed by atoms with van der Waals surface area (Å²) in [5, 5.41) is 17.9. The smallest absolute Gasteiger partial charge is 0.450 e. The number of carboxylic acid groups (broad SMARTS) is 2. The van der Waals surface area contributed by atoms with E-state index in [1.807, 2.05) is 48.5 Å². The van der Waals surface area contributed by atoms with Crippen LogP contribution in [0.3, 0.4) is 0 Å². The molecule has 0 aliphatic carbocycles. The number of piperidine rings is 1. The van der Waals surface area contributed by atoms with E-state index in [0.29, 0.717) is 5.02 Å². The van der Waals surface area contributed by atoms with Gasteiger partial charge in [-0.25, -0.2) is 4.79 Å². The molecule has 0 radical (unpaired) electrons. The van der Waals surface area contributed by atoms with Crippen LogP contribution in [0, 0.1) is 0 Å². The number of hydrogen-bond donors (Lipinski definition) is 3. The van der Waals surface area contributed by atoms with Gasteiger partial charge >= 0.3 is 6.16 Å². The van der Waals surface area contributed by atoms with Crippen LogP contribution in [-0.4, -0.2) is 52.9 Å². The summed E-state index contributed by atoms with van der Waals surface area (Å²) in [7, 11) is 0. The van der Waals surface area contributed by atoms with E-state index < -0.39 is 6.16 Å². The van der Waals surface area contributed by atoms with Crippen LogP contribution in [0.15, 0.2) is 78.9 Å². The van der Waals surface area contributed by atoms with Crippen molar-refractivity contribution in [2.75, 3.05) is 19.6 Å². The zero-order valence-corrected chi connectivity index (χ0v) is 22.8. The molecular formula is C31H37ClN2O4. The van der Waals surface area contributed by atoms with Crippen molar-refractivity contribution in [1.82, 2.24) is 10.2 Å². The second kappa shape index (κ2) is 14.0. The molecule has 0 bridgehead atoms. The third kappa shape index (κ3) is 8.89. The molecule has 1 fully saturated rings. The largest absolute Gasteiger partial charge is 0.503 e. The normalized spacial score (nSPS) is 14.3. The van der Waals surface area contributed by atoms with E-state index in [1.165, 1.54) is 18.4 Å². The Labute approximate surface area is 230 Å². The summed E-state index contributed by atoms with van der Waals surface area (Å²) < 4.78 is 0. The van der Waals surface area contributed by atoms with Gasteiger partial charge in [-0.05, 0) is 72.5 Å². The number of nitrogens with one attached hydrogen (secondary N) is 1. The summed E-state index contributed by atoms with van der Waals surface area (Å²) in [6.07, 6.45) is 2.52. The summed E-state index contributed by atoms with van der Waals surface area (Å²) in [6.45, 7) is 7.87. The molecule has 0 spiro atoms. The first-order chi connectivity index (χ1) is 18.2. The van der Waals surface area contributed by atoms with Crippen LogP contribution < -0.4 is 5.32 Å². The number of benzene rings is 3. The number of rotatable bonds is 8. The number of carbonyl (C=O) groups is 2. The average molecular weight is 537 g/mol. The maximum Gasteiger partial charge on any atom is 0.503 e. The third-order valence-electron chi connectivity index (χ3n) is 7.08. The molecule has 6 nitrogen and oxygen atoms in total. The van der Waals surface area contributed by atoms with E-state index in [-0.39, 0.29) is 17.4 Å². The van der Waals surface area contributed by atoms with Crippen LogP contribution in [0.2, 0.25) is 5.02 Å². The van der Waals surface area contributed by atoms with Crippen LogP contribution in [0.1, 0.15) is 55.5 Å². The van der Waals surface area contributed by atoms with Gasteiger partial charge in [0.2, 0.25) is 0 Å². The molecule has 3 aromatic rings. The molecule has 0 unspecified atom stereocenters. The molecule has 4 rings (SSSR count). The number of hydrogen-bond acceptors (Lipinski definition) is 3. The summed E-state index contributed by atoms with van der Waals surface area (Å²) in [5.41, 5.74) is 4.27. The second-order valence-electron chi connectivity index (χ2n) is 10.3. The SMILES string of the molecule is CC(C)(CCCN1CCC(NC(=O)c2ccccc2-c2ccc(Cl)cc2)CC1)c1ccccc1.O=C(O)O. The number of amides is 1. The van der Waals surface area contributed by atoms with E-state index in [9.17, 15) is 4.79 Å². The van der Waals surface area contributed by atoms with Gasteiger partial charge in [0.1, 0.15) is 0 Å². The van der Waals surface area contributed by atoms with Crippen molar-refractivity contribution in [1.29, 1.82) is 0 Å². The molecule has 1 aliphatic rings. The highest BCUT2D eigenvalue weighted by atomic mass is 35.5. The Balaban J connectivity index is 0.000000934. The van der Waals surface area contributed by atoms with Crippen LogP contribution in [0.25, 0.3) is 11.1 Å². The van der Waals surface area contributed by atoms with Crippen LogP contribution >= 0.6 is 11.6 Å². The molecule has 38 heavy (non-hydrogen) atoms. The van der Waals surface area contributed by atoms with Gasteiger partial charge < -0.3 is 20.4 Å². The number of likely N-dealkylation sites (tertiary alicyclic amines) is 1. The highest BCUT2D eigenvalue weighted by molar-refractivity contribution is 6.30. The Hall–Kier alpha value is -3.35. The Kier molecular flexibility index (Phi) is 10.7. The van der Waals surface area contributed by atoms with Gasteiger partial charge in [-0.2, -0.15) is 0 Å². The first-order valence-corrected chi connectivity index (χ1v) is 13.4. The summed E-state index contributed by atoms with van der Waals surface area (Å²) >= 11 is 6.04. The quantitative estimate of drug-likeness (QED) is 0.283. The van der Waals surface area contributed by atoms with Crippen LogP contribution in [0.4, 0.5) is 4.79 Å². The molecule has 1 heterocycles. The monoisotopic (exact) mass is 536 g/mol. The zero-order valence-electron chi connectivity index (χ0n) is 22.1. The first-order valence-electron chi connectivity index (χ1n) is 13.0. The lowest BCUT2D eigenvalue weighted by molar-refractivity contribution is 0.0910. The number of halogens is 1. The zero-order chi connectivity index (χ0) is 27.5. The highest BCUT2D eigenvalue weighted by Crippen LogP contribution is 2.29. The Bertz CT molecular complexity index is 1170. The minimum Gasteiger partial charge on any atom is -0.450 e.